The minimum atomic E-state index is 0. The van der Waals surface area contributed by atoms with E-state index in [1.807, 2.05) is 121 Å². The van der Waals surface area contributed by atoms with Gasteiger partial charge in [-0.1, -0.05) is 374 Å². The van der Waals surface area contributed by atoms with E-state index in [1.54, 1.807) is 12.4 Å². The van der Waals surface area contributed by atoms with Crippen LogP contribution >= 0.6 is 0 Å². The van der Waals surface area contributed by atoms with Crippen molar-refractivity contribution in [3.8, 4) is 146 Å². The van der Waals surface area contributed by atoms with Gasteiger partial charge in [-0.2, -0.15) is 24.3 Å². The van der Waals surface area contributed by atoms with E-state index in [0.717, 1.165) is 200 Å². The summed E-state index contributed by atoms with van der Waals surface area (Å²) in [4.78, 5) is 9.35. The summed E-state index contributed by atoms with van der Waals surface area (Å²) in [5.41, 5.74) is 33.1. The first-order valence-corrected chi connectivity index (χ1v) is 48.1. The van der Waals surface area contributed by atoms with E-state index in [2.05, 4.69) is 426 Å². The van der Waals surface area contributed by atoms with Gasteiger partial charge in [-0.05, 0) is 187 Å². The maximum absolute atomic E-state index is 6.76. The van der Waals surface area contributed by atoms with Crippen molar-refractivity contribution in [1.82, 2.24) is 28.2 Å². The van der Waals surface area contributed by atoms with Gasteiger partial charge in [0.2, 0.25) is 0 Å². The number of fused-ring (bicyclic) bond motifs is 14. The van der Waals surface area contributed by atoms with E-state index in [4.69, 9.17) is 18.3 Å². The van der Waals surface area contributed by atoms with Gasteiger partial charge in [0.05, 0.1) is 72.4 Å². The Morgan fingerprint density at radius 2 is 0.548 bits per heavy atom. The number of aromatic nitrogens is 8. The largest absolute Gasteiger partial charge is 0.503 e. The van der Waals surface area contributed by atoms with Crippen LogP contribution < -0.4 is 18.6 Å². The van der Waals surface area contributed by atoms with Gasteiger partial charge in [0.15, 0.2) is 0 Å². The first-order valence-electron chi connectivity index (χ1n) is 48.1. The third-order valence-corrected chi connectivity index (χ3v) is 27.2. The minimum Gasteiger partial charge on any atom is -0.503 e. The molecule has 12 nitrogen and oxygen atoms in total. The van der Waals surface area contributed by atoms with Gasteiger partial charge in [0.1, 0.15) is 16.9 Å². The number of furan rings is 2. The molecule has 20 aromatic carbocycles. The fourth-order valence-electron chi connectivity index (χ4n) is 20.8. The number of benzene rings is 20. The van der Waals surface area contributed by atoms with Crippen molar-refractivity contribution in [3.05, 3.63) is 522 Å². The summed E-state index contributed by atoms with van der Waals surface area (Å²) in [6, 6.07) is 179. The molecule has 0 fully saturated rings. The zero-order valence-electron chi connectivity index (χ0n) is 78.0. The van der Waals surface area contributed by atoms with Crippen molar-refractivity contribution < 1.29 is 69.6 Å². The topological polar surface area (TPSA) is 98.0 Å². The third-order valence-electron chi connectivity index (χ3n) is 27.2. The smallest absolute Gasteiger partial charge is 0.268 e. The van der Waals surface area contributed by atoms with E-state index in [-0.39, 0.29) is 42.1 Å². The number of ether oxygens (including phenoxy) is 2. The minimum absolute atomic E-state index is 0. The van der Waals surface area contributed by atoms with Crippen molar-refractivity contribution in [2.75, 3.05) is 0 Å². The van der Waals surface area contributed by atoms with Crippen LogP contribution in [-0.4, -0.2) is 28.2 Å². The first-order chi connectivity index (χ1) is 71.4. The normalized spacial score (nSPS) is 11.5. The zero-order chi connectivity index (χ0) is 95.1. The molecule has 0 radical (unpaired) electrons. The number of hydrogen-bond acceptors (Lipinski definition) is 6. The van der Waals surface area contributed by atoms with Crippen LogP contribution in [0.2, 0.25) is 0 Å². The summed E-state index contributed by atoms with van der Waals surface area (Å²) < 4.78 is 39.7. The molecule has 146 heavy (non-hydrogen) atoms. The van der Waals surface area contributed by atoms with Crippen LogP contribution in [0, 0.1) is 36.9 Å². The first kappa shape index (κ1) is 89.2. The van der Waals surface area contributed by atoms with Gasteiger partial charge in [-0.15, -0.1) is 24.3 Å². The van der Waals surface area contributed by atoms with Gasteiger partial charge in [0.25, 0.3) is 12.7 Å². The van der Waals surface area contributed by atoms with Crippen LogP contribution in [0.1, 0.15) is 0 Å². The molecule has 0 saturated heterocycles. The predicted octanol–water partition coefficient (Wildman–Crippen LogP) is 32.3. The Hall–Kier alpha value is -18.2. The van der Waals surface area contributed by atoms with E-state index in [1.165, 1.54) is 21.5 Å². The molecule has 0 atom stereocenters. The summed E-state index contributed by atoms with van der Waals surface area (Å²) in [5, 5.41) is 8.59. The fourth-order valence-corrected chi connectivity index (χ4v) is 20.8. The standard InChI is InChI=1S/C72H45N3O2.C60H35N5O2.2Pt/c1-5-21-49(22-6-1)53-39-54(50-23-7-2-8-24-50)42-57(41-53)62-32-20-33-63(58-43-55(51-25-9-3-10-26-51)40-56(44-58)52-27-11-4-12-28-52)71(62)75-48-74(68-35-14-15-36-69(68)75)59-29-19-30-60(45-59)76-61-46-65-64-31-13-16-37-70(64)77-72(65)66(47-61)67-34-17-18-38-73-67;1-6-25-50-42(19-1)43-20-2-7-26-51(43)64(50)56-31-16-32-57(65-52-27-8-3-21-44(52)45-22-4-9-28-53(45)65)59(56)63-38-62(54-29-10-11-30-55(54)63)39-17-15-18-40(35-39)66-41-36-47-46-23-5-12-33-58(46)67-60(47)48(37-41)49-24-13-14-34-61-49;;/h1-44,46H;1-34,36H;;/q2*-2;;. The monoisotopic (exact) mass is 2230 g/mol. The Kier molecular flexibility index (Phi) is 23.2. The second kappa shape index (κ2) is 38.0. The van der Waals surface area contributed by atoms with Gasteiger partial charge in [-0.25, -0.2) is 0 Å². The molecule has 8 heterocycles. The third kappa shape index (κ3) is 16.0. The predicted molar refractivity (Wildman–Crippen MR) is 578 cm³/mol. The molecule has 0 aliphatic heterocycles. The maximum Gasteiger partial charge on any atom is 0.268 e. The molecular formula is C132H80N8O4Pt2-4. The number of imidazole rings is 2. The summed E-state index contributed by atoms with van der Waals surface area (Å²) in [6.07, 6.45) is 11.3. The molecule has 28 aromatic rings. The van der Waals surface area contributed by atoms with E-state index in [9.17, 15) is 0 Å². The van der Waals surface area contributed by atoms with E-state index >= 15 is 0 Å². The van der Waals surface area contributed by atoms with Crippen LogP contribution in [0.15, 0.2) is 494 Å². The summed E-state index contributed by atoms with van der Waals surface area (Å²) >= 11 is 0. The zero-order valence-corrected chi connectivity index (χ0v) is 82.6. The Morgan fingerprint density at radius 1 is 0.233 bits per heavy atom. The van der Waals surface area contributed by atoms with Crippen LogP contribution in [0.5, 0.6) is 23.0 Å². The molecule has 14 heteroatoms. The van der Waals surface area contributed by atoms with Gasteiger partial charge < -0.3 is 46.5 Å². The molecule has 0 saturated carbocycles. The Labute approximate surface area is 869 Å². The van der Waals surface area contributed by atoms with Crippen molar-refractivity contribution in [2.45, 2.75) is 0 Å². The summed E-state index contributed by atoms with van der Waals surface area (Å²) in [5.74, 6) is 2.10. The number of hydrogen-bond donors (Lipinski definition) is 0. The van der Waals surface area contributed by atoms with Crippen LogP contribution in [0.3, 0.4) is 0 Å². The molecule has 696 valence electrons. The molecule has 0 spiro atoms. The number of nitrogens with zero attached hydrogens (tertiary/aromatic N) is 8. The van der Waals surface area contributed by atoms with Gasteiger partial charge in [-0.3, -0.25) is 9.13 Å². The fraction of sp³-hybridized carbons (Fsp3) is 0. The summed E-state index contributed by atoms with van der Waals surface area (Å²) in [7, 11) is 0. The average Bonchev–Trinajstić information content (AvgIpc) is 1.55. The molecule has 0 N–H and O–H groups in total. The van der Waals surface area contributed by atoms with Gasteiger partial charge in [0, 0.05) is 110 Å². The number of rotatable bonds is 18. The molecule has 0 aliphatic carbocycles. The Morgan fingerprint density at radius 3 is 0.925 bits per heavy atom. The van der Waals surface area contributed by atoms with Crippen LogP contribution in [0.25, 0.3) is 233 Å². The summed E-state index contributed by atoms with van der Waals surface area (Å²) in [6.45, 7) is 0. The second-order valence-electron chi connectivity index (χ2n) is 35.8. The molecule has 0 unspecified atom stereocenters. The SMILES string of the molecule is [Pt].[Pt].[c-]1c(Oc2[c-]c(-c3ccccn3)c3oc4ccccc4c3c2)cccc1-n1[c-][n+](-c2c(-c3cc(-c4ccccc4)cc(-c4ccccc4)c3)cccc2-c2cc(-c3ccccc3)cc(-c3ccccc3)c2)c2ccccc21.[c-]1c(Oc2[c-]c(-c3ccccn3)c3oc4ccccc4c3c2)cccc1-n1[c-][n+](-c2c(-n3c4ccccc4c4ccccc43)cccc2-n2c3ccccc3c3ccccc32)c2ccccc21. The molecule has 0 bridgehead atoms. The van der Waals surface area contributed by atoms with E-state index in [0.29, 0.717) is 34.2 Å². The second-order valence-corrected chi connectivity index (χ2v) is 35.8. The van der Waals surface area contributed by atoms with Crippen molar-refractivity contribution in [2.24, 2.45) is 0 Å². The number of para-hydroxylation sites is 12. The van der Waals surface area contributed by atoms with Crippen molar-refractivity contribution in [3.63, 3.8) is 0 Å². The Balaban J connectivity index is 0.000000151. The molecule has 28 rings (SSSR count). The van der Waals surface area contributed by atoms with Crippen LogP contribution in [-0.2, 0) is 42.1 Å². The van der Waals surface area contributed by atoms with Gasteiger partial charge >= 0.3 is 0 Å². The molecule has 0 amide bonds. The van der Waals surface area contributed by atoms with E-state index < -0.39 is 0 Å². The number of pyridine rings is 2. The molecular weight excluding hydrogens is 2150 g/mol. The van der Waals surface area contributed by atoms with Crippen molar-refractivity contribution >= 4 is 110 Å². The van der Waals surface area contributed by atoms with Crippen LogP contribution in [0.4, 0.5) is 0 Å². The maximum atomic E-state index is 6.76. The average molecular weight is 2230 g/mol. The molecule has 8 aromatic heterocycles. The van der Waals surface area contributed by atoms with Crippen molar-refractivity contribution in [1.29, 1.82) is 0 Å². The molecule has 0 aliphatic rings. The Bertz CT molecular complexity index is 9370. The quantitative estimate of drug-likeness (QED) is 0.0627.